The molecular weight excluding hydrogens is 446 g/mol. The molecule has 1 amide bonds. The highest BCUT2D eigenvalue weighted by atomic mass is 79.9. The largest absolute Gasteiger partial charge is 0.325 e. The van der Waals surface area contributed by atoms with E-state index in [-0.39, 0.29) is 17.3 Å². The molecule has 144 valence electrons. The van der Waals surface area contributed by atoms with Crippen LogP contribution in [0.5, 0.6) is 0 Å². The second-order valence-corrected chi connectivity index (χ2v) is 7.56. The number of amides is 1. The molecule has 1 aromatic heterocycles. The molecule has 2 aromatic carbocycles. The number of thioether (sulfide) groups is 1. The van der Waals surface area contributed by atoms with Gasteiger partial charge in [-0.25, -0.2) is 0 Å². The first-order chi connectivity index (χ1) is 13.5. The second-order valence-electron chi connectivity index (χ2n) is 5.70. The number of carbonyl (C=O) groups excluding carboxylic acids is 1. The molecule has 0 fully saturated rings. The van der Waals surface area contributed by atoms with E-state index < -0.39 is 4.92 Å². The third kappa shape index (κ3) is 4.76. The Bertz CT molecular complexity index is 1010. The zero-order chi connectivity index (χ0) is 20.1. The van der Waals surface area contributed by atoms with E-state index in [1.807, 2.05) is 35.8 Å². The molecule has 1 N–H and O–H groups in total. The van der Waals surface area contributed by atoms with Gasteiger partial charge in [-0.15, -0.1) is 10.2 Å². The number of carbonyl (C=O) groups is 1. The highest BCUT2D eigenvalue weighted by Crippen LogP contribution is 2.25. The normalized spacial score (nSPS) is 10.6. The molecule has 0 aliphatic heterocycles. The topological polar surface area (TPSA) is 103 Å². The van der Waals surface area contributed by atoms with Gasteiger partial charge in [-0.05, 0) is 25.1 Å². The van der Waals surface area contributed by atoms with Crippen molar-refractivity contribution >= 4 is 45.0 Å². The molecule has 0 aliphatic carbocycles. The summed E-state index contributed by atoms with van der Waals surface area (Å²) < 4.78 is 2.92. The van der Waals surface area contributed by atoms with Gasteiger partial charge in [0.1, 0.15) is 0 Å². The summed E-state index contributed by atoms with van der Waals surface area (Å²) in [5.74, 6) is 0.569. The second kappa shape index (κ2) is 8.98. The van der Waals surface area contributed by atoms with Crippen LogP contribution in [-0.2, 0) is 11.3 Å². The fraction of sp³-hybridized carbons (Fsp3) is 0.167. The van der Waals surface area contributed by atoms with Crippen molar-refractivity contribution in [3.63, 3.8) is 0 Å². The molecule has 10 heteroatoms. The first kappa shape index (κ1) is 20.0. The smallest absolute Gasteiger partial charge is 0.271 e. The molecule has 8 nitrogen and oxygen atoms in total. The molecule has 0 saturated heterocycles. The highest BCUT2D eigenvalue weighted by molar-refractivity contribution is 9.10. The third-order valence-electron chi connectivity index (χ3n) is 3.81. The van der Waals surface area contributed by atoms with E-state index in [0.29, 0.717) is 17.4 Å². The van der Waals surface area contributed by atoms with E-state index >= 15 is 0 Å². The van der Waals surface area contributed by atoms with Gasteiger partial charge >= 0.3 is 0 Å². The van der Waals surface area contributed by atoms with Gasteiger partial charge in [0.15, 0.2) is 11.0 Å². The fourth-order valence-electron chi connectivity index (χ4n) is 2.52. The summed E-state index contributed by atoms with van der Waals surface area (Å²) >= 11 is 4.67. The molecule has 0 spiro atoms. The first-order valence-electron chi connectivity index (χ1n) is 8.34. The SMILES string of the molecule is CCn1c(SCC(=O)Nc2cccc([N+](=O)[O-])c2)nnc1-c1ccc(Br)cc1. The Balaban J connectivity index is 1.67. The standard InChI is InChI=1S/C18H16BrN5O3S/c1-2-23-17(12-6-8-13(19)9-7-12)21-22-18(23)28-11-16(25)20-14-4-3-5-15(10-14)24(26)27/h3-10H,2,11H2,1H3,(H,20,25). The van der Waals surface area contributed by atoms with Crippen LogP contribution in [0.25, 0.3) is 11.4 Å². The van der Waals surface area contributed by atoms with Gasteiger partial charge in [0.05, 0.1) is 10.7 Å². The predicted octanol–water partition coefficient (Wildman–Crippen LogP) is 4.37. The Morgan fingerprint density at radius 2 is 2.00 bits per heavy atom. The number of benzene rings is 2. The molecule has 0 unspecified atom stereocenters. The van der Waals surface area contributed by atoms with Gasteiger partial charge < -0.3 is 9.88 Å². The molecule has 0 bridgehead atoms. The molecule has 0 atom stereocenters. The zero-order valence-corrected chi connectivity index (χ0v) is 17.2. The van der Waals surface area contributed by atoms with E-state index in [2.05, 4.69) is 31.4 Å². The van der Waals surface area contributed by atoms with Crippen molar-refractivity contribution in [2.75, 3.05) is 11.1 Å². The van der Waals surface area contributed by atoms with Crippen LogP contribution in [0.1, 0.15) is 6.92 Å². The zero-order valence-electron chi connectivity index (χ0n) is 14.8. The maximum absolute atomic E-state index is 12.2. The van der Waals surface area contributed by atoms with Gasteiger partial charge in [-0.2, -0.15) is 0 Å². The minimum atomic E-state index is -0.502. The Hall–Kier alpha value is -2.72. The van der Waals surface area contributed by atoms with E-state index in [1.54, 1.807) is 6.07 Å². The molecule has 0 radical (unpaired) electrons. The average molecular weight is 462 g/mol. The minimum Gasteiger partial charge on any atom is -0.325 e. The van der Waals surface area contributed by atoms with Gasteiger partial charge in [0, 0.05) is 34.4 Å². The third-order valence-corrected chi connectivity index (χ3v) is 5.30. The Labute approximate surface area is 173 Å². The number of nitrogens with one attached hydrogen (secondary N) is 1. The lowest BCUT2D eigenvalue weighted by molar-refractivity contribution is -0.384. The Morgan fingerprint density at radius 1 is 1.25 bits per heavy atom. The lowest BCUT2D eigenvalue weighted by atomic mass is 10.2. The Kier molecular flexibility index (Phi) is 6.42. The van der Waals surface area contributed by atoms with E-state index in [4.69, 9.17) is 0 Å². The number of nitro groups is 1. The van der Waals surface area contributed by atoms with Gasteiger partial charge in [0.25, 0.3) is 5.69 Å². The minimum absolute atomic E-state index is 0.0738. The number of aromatic nitrogens is 3. The Morgan fingerprint density at radius 3 is 2.68 bits per heavy atom. The molecule has 0 aliphatic rings. The molecular formula is C18H16BrN5O3S. The van der Waals surface area contributed by atoms with Crippen LogP contribution in [0, 0.1) is 10.1 Å². The van der Waals surface area contributed by atoms with E-state index in [9.17, 15) is 14.9 Å². The summed E-state index contributed by atoms with van der Waals surface area (Å²) in [5.41, 5.74) is 1.24. The van der Waals surface area contributed by atoms with Gasteiger partial charge in [-0.3, -0.25) is 14.9 Å². The number of halogens is 1. The molecule has 3 rings (SSSR count). The van der Waals surface area contributed by atoms with Crippen molar-refractivity contribution in [1.82, 2.24) is 14.8 Å². The number of anilines is 1. The fourth-order valence-corrected chi connectivity index (χ4v) is 3.58. The monoisotopic (exact) mass is 461 g/mol. The lowest BCUT2D eigenvalue weighted by Gasteiger charge is -2.08. The summed E-state index contributed by atoms with van der Waals surface area (Å²) in [4.78, 5) is 22.5. The van der Waals surface area contributed by atoms with Crippen LogP contribution in [-0.4, -0.2) is 31.3 Å². The molecule has 28 heavy (non-hydrogen) atoms. The maximum Gasteiger partial charge on any atom is 0.271 e. The van der Waals surface area contributed by atoms with Crippen LogP contribution < -0.4 is 5.32 Å². The van der Waals surface area contributed by atoms with Crippen molar-refractivity contribution in [3.8, 4) is 11.4 Å². The van der Waals surface area contributed by atoms with E-state index in [1.165, 1.54) is 30.0 Å². The quantitative estimate of drug-likeness (QED) is 0.318. The van der Waals surface area contributed by atoms with Gasteiger partial charge in [-0.1, -0.05) is 45.9 Å². The molecule has 3 aromatic rings. The number of non-ortho nitro benzene ring substituents is 1. The highest BCUT2D eigenvalue weighted by Gasteiger charge is 2.15. The first-order valence-corrected chi connectivity index (χ1v) is 10.1. The molecule has 1 heterocycles. The van der Waals surface area contributed by atoms with Crippen molar-refractivity contribution in [2.24, 2.45) is 0 Å². The lowest BCUT2D eigenvalue weighted by Crippen LogP contribution is -2.14. The van der Waals surface area contributed by atoms with Crippen LogP contribution in [0.15, 0.2) is 58.2 Å². The van der Waals surface area contributed by atoms with Crippen LogP contribution in [0.4, 0.5) is 11.4 Å². The number of hydrogen-bond donors (Lipinski definition) is 1. The number of nitrogens with zero attached hydrogens (tertiary/aromatic N) is 4. The summed E-state index contributed by atoms with van der Waals surface area (Å²) in [6, 6.07) is 13.6. The van der Waals surface area contributed by atoms with Crippen LogP contribution >= 0.6 is 27.7 Å². The maximum atomic E-state index is 12.2. The average Bonchev–Trinajstić information content (AvgIpc) is 3.10. The van der Waals surface area contributed by atoms with Crippen molar-refractivity contribution in [3.05, 3.63) is 63.1 Å². The number of rotatable bonds is 7. The van der Waals surface area contributed by atoms with E-state index in [0.717, 1.165) is 15.9 Å². The summed E-state index contributed by atoms with van der Waals surface area (Å²) in [7, 11) is 0. The van der Waals surface area contributed by atoms with Crippen molar-refractivity contribution in [1.29, 1.82) is 0 Å². The summed E-state index contributed by atoms with van der Waals surface area (Å²) in [5, 5.41) is 22.6. The van der Waals surface area contributed by atoms with Crippen LogP contribution in [0.2, 0.25) is 0 Å². The number of nitro benzene ring substituents is 1. The summed E-state index contributed by atoms with van der Waals surface area (Å²) in [6.45, 7) is 2.65. The number of hydrogen-bond acceptors (Lipinski definition) is 6. The van der Waals surface area contributed by atoms with Crippen molar-refractivity contribution < 1.29 is 9.72 Å². The van der Waals surface area contributed by atoms with Crippen molar-refractivity contribution in [2.45, 2.75) is 18.6 Å². The van der Waals surface area contributed by atoms with Crippen LogP contribution in [0.3, 0.4) is 0 Å². The molecule has 0 saturated carbocycles. The summed E-state index contributed by atoms with van der Waals surface area (Å²) in [6.07, 6.45) is 0. The predicted molar refractivity (Wildman–Crippen MR) is 111 cm³/mol. The van der Waals surface area contributed by atoms with Gasteiger partial charge in [0.2, 0.25) is 5.91 Å².